The number of alkyl halides is 1. The smallest absolute Gasteiger partial charge is 0.139 e. The molecule has 2 heteroatoms. The third-order valence-electron chi connectivity index (χ3n) is 2.53. The molecule has 64 valence electrons. The molecule has 0 radical (unpaired) electrons. The number of hydrogen-bond acceptors (Lipinski definition) is 1. The van der Waals surface area contributed by atoms with Gasteiger partial charge in [0.15, 0.2) is 0 Å². The number of phenolic OH excluding ortho intramolecular Hbond substituents is 1. The first-order chi connectivity index (χ1) is 5.72. The molecule has 1 fully saturated rings. The van der Waals surface area contributed by atoms with E-state index in [4.69, 9.17) is 0 Å². The maximum Gasteiger partial charge on any atom is 0.139 e. The van der Waals surface area contributed by atoms with Crippen molar-refractivity contribution < 1.29 is 9.50 Å². The summed E-state index contributed by atoms with van der Waals surface area (Å²) in [7, 11) is 0. The molecular weight excluding hydrogens is 155 g/mol. The van der Waals surface area contributed by atoms with E-state index >= 15 is 0 Å². The molecule has 0 aromatic heterocycles. The van der Waals surface area contributed by atoms with Gasteiger partial charge in [0.1, 0.15) is 11.4 Å². The predicted molar refractivity (Wildman–Crippen MR) is 44.7 cm³/mol. The fourth-order valence-corrected chi connectivity index (χ4v) is 1.61. The molecule has 2 rings (SSSR count). The number of benzene rings is 1. The first-order valence-corrected chi connectivity index (χ1v) is 4.20. The average Bonchev–Trinajstić information content (AvgIpc) is 2.01. The summed E-state index contributed by atoms with van der Waals surface area (Å²) in [5, 5.41) is 9.37. The quantitative estimate of drug-likeness (QED) is 0.680. The van der Waals surface area contributed by atoms with E-state index in [2.05, 4.69) is 0 Å². The molecule has 0 bridgehead atoms. The highest BCUT2D eigenvalue weighted by Gasteiger charge is 2.40. The van der Waals surface area contributed by atoms with Gasteiger partial charge < -0.3 is 5.11 Å². The summed E-state index contributed by atoms with van der Waals surface area (Å²) in [4.78, 5) is 0. The summed E-state index contributed by atoms with van der Waals surface area (Å²) in [5.41, 5.74) is -0.790. The van der Waals surface area contributed by atoms with E-state index in [9.17, 15) is 9.50 Å². The van der Waals surface area contributed by atoms with Crippen LogP contribution < -0.4 is 0 Å². The van der Waals surface area contributed by atoms with E-state index in [-0.39, 0.29) is 5.75 Å². The van der Waals surface area contributed by atoms with Crippen molar-refractivity contribution in [3.05, 3.63) is 29.8 Å². The van der Waals surface area contributed by atoms with Crippen molar-refractivity contribution in [2.24, 2.45) is 0 Å². The van der Waals surface area contributed by atoms with Crippen LogP contribution in [-0.4, -0.2) is 5.11 Å². The number of para-hydroxylation sites is 1. The SMILES string of the molecule is Oc1ccccc1C1(F)CCC1. The summed E-state index contributed by atoms with van der Waals surface area (Å²) in [6.07, 6.45) is 2.01. The van der Waals surface area contributed by atoms with Crippen molar-refractivity contribution in [2.75, 3.05) is 0 Å². The first kappa shape index (κ1) is 7.59. The van der Waals surface area contributed by atoms with Gasteiger partial charge in [0.05, 0.1) is 0 Å². The zero-order chi connectivity index (χ0) is 8.60. The maximum atomic E-state index is 13.7. The molecule has 0 spiro atoms. The molecule has 0 unspecified atom stereocenters. The van der Waals surface area contributed by atoms with Crippen molar-refractivity contribution in [2.45, 2.75) is 24.9 Å². The van der Waals surface area contributed by atoms with E-state index in [1.54, 1.807) is 18.2 Å². The molecule has 0 atom stereocenters. The van der Waals surface area contributed by atoms with Crippen LogP contribution in [0.15, 0.2) is 24.3 Å². The van der Waals surface area contributed by atoms with Gasteiger partial charge in [-0.25, -0.2) is 4.39 Å². The summed E-state index contributed by atoms with van der Waals surface area (Å²) in [5.74, 6) is 0.0831. The Labute approximate surface area is 70.8 Å². The molecule has 1 aliphatic rings. The van der Waals surface area contributed by atoms with E-state index in [0.29, 0.717) is 18.4 Å². The summed E-state index contributed by atoms with van der Waals surface area (Å²) in [6.45, 7) is 0. The molecule has 12 heavy (non-hydrogen) atoms. The Morgan fingerprint density at radius 2 is 1.92 bits per heavy atom. The molecule has 0 heterocycles. The Hall–Kier alpha value is -1.05. The normalized spacial score (nSPS) is 20.1. The number of hydrogen-bond donors (Lipinski definition) is 1. The lowest BCUT2D eigenvalue weighted by atomic mass is 9.76. The second-order valence-corrected chi connectivity index (χ2v) is 3.34. The monoisotopic (exact) mass is 166 g/mol. The Morgan fingerprint density at radius 1 is 1.25 bits per heavy atom. The highest BCUT2D eigenvalue weighted by atomic mass is 19.1. The van der Waals surface area contributed by atoms with E-state index in [0.717, 1.165) is 6.42 Å². The predicted octanol–water partition coefficient (Wildman–Crippen LogP) is 2.74. The first-order valence-electron chi connectivity index (χ1n) is 4.20. The van der Waals surface area contributed by atoms with Crippen molar-refractivity contribution >= 4 is 0 Å². The fraction of sp³-hybridized carbons (Fsp3) is 0.400. The second kappa shape index (κ2) is 2.47. The van der Waals surface area contributed by atoms with E-state index in [1.165, 1.54) is 6.07 Å². The highest BCUT2D eigenvalue weighted by molar-refractivity contribution is 5.37. The van der Waals surface area contributed by atoms with Crippen molar-refractivity contribution in [1.29, 1.82) is 0 Å². The minimum atomic E-state index is -1.24. The van der Waals surface area contributed by atoms with E-state index in [1.807, 2.05) is 0 Å². The second-order valence-electron chi connectivity index (χ2n) is 3.34. The fourth-order valence-electron chi connectivity index (χ4n) is 1.61. The molecule has 0 amide bonds. The number of halogens is 1. The van der Waals surface area contributed by atoms with Crippen LogP contribution >= 0.6 is 0 Å². The molecule has 1 nitrogen and oxygen atoms in total. The minimum absolute atomic E-state index is 0.0831. The van der Waals surface area contributed by atoms with Gasteiger partial charge in [-0.15, -0.1) is 0 Å². The third kappa shape index (κ3) is 0.986. The molecular formula is C10H11FO. The van der Waals surface area contributed by atoms with Crippen LogP contribution in [0.25, 0.3) is 0 Å². The Morgan fingerprint density at radius 3 is 2.42 bits per heavy atom. The van der Waals surface area contributed by atoms with Gasteiger partial charge in [0.2, 0.25) is 0 Å². The Balaban J connectivity index is 2.39. The molecule has 0 saturated heterocycles. The molecule has 1 aromatic carbocycles. The lowest BCUT2D eigenvalue weighted by molar-refractivity contribution is 0.0581. The molecule has 1 saturated carbocycles. The van der Waals surface area contributed by atoms with Crippen LogP contribution in [0, 0.1) is 0 Å². The largest absolute Gasteiger partial charge is 0.508 e. The van der Waals surface area contributed by atoms with Gasteiger partial charge in [-0.3, -0.25) is 0 Å². The van der Waals surface area contributed by atoms with Gasteiger partial charge >= 0.3 is 0 Å². The van der Waals surface area contributed by atoms with Gasteiger partial charge in [0.25, 0.3) is 0 Å². The zero-order valence-electron chi connectivity index (χ0n) is 6.76. The summed E-state index contributed by atoms with van der Waals surface area (Å²) >= 11 is 0. The lowest BCUT2D eigenvalue weighted by Gasteiger charge is -2.34. The standard InChI is InChI=1S/C10H11FO/c11-10(6-3-7-10)8-4-1-2-5-9(8)12/h1-2,4-5,12H,3,6-7H2. The minimum Gasteiger partial charge on any atom is -0.508 e. The molecule has 1 aliphatic carbocycles. The van der Waals surface area contributed by atoms with Crippen molar-refractivity contribution in [3.63, 3.8) is 0 Å². The molecule has 0 aliphatic heterocycles. The van der Waals surface area contributed by atoms with Crippen LogP contribution in [0.4, 0.5) is 4.39 Å². The Bertz CT molecular complexity index is 292. The number of aromatic hydroxyl groups is 1. The maximum absolute atomic E-state index is 13.7. The van der Waals surface area contributed by atoms with Crippen molar-refractivity contribution in [3.8, 4) is 5.75 Å². The van der Waals surface area contributed by atoms with Gasteiger partial charge in [0, 0.05) is 5.56 Å². The van der Waals surface area contributed by atoms with Crippen LogP contribution in [0.1, 0.15) is 24.8 Å². The lowest BCUT2D eigenvalue weighted by Crippen LogP contribution is -2.28. The van der Waals surface area contributed by atoms with E-state index < -0.39 is 5.67 Å². The third-order valence-corrected chi connectivity index (χ3v) is 2.53. The van der Waals surface area contributed by atoms with Crippen LogP contribution in [0.3, 0.4) is 0 Å². The Kier molecular flexibility index (Phi) is 1.56. The van der Waals surface area contributed by atoms with Crippen molar-refractivity contribution in [1.82, 2.24) is 0 Å². The zero-order valence-corrected chi connectivity index (χ0v) is 6.76. The topological polar surface area (TPSA) is 20.2 Å². The van der Waals surface area contributed by atoms with Crippen LogP contribution in [-0.2, 0) is 5.67 Å². The number of rotatable bonds is 1. The molecule has 1 N–H and O–H groups in total. The summed E-state index contributed by atoms with van der Waals surface area (Å²) in [6, 6.07) is 6.67. The van der Waals surface area contributed by atoms with Crippen LogP contribution in [0.2, 0.25) is 0 Å². The van der Waals surface area contributed by atoms with Gasteiger partial charge in [-0.1, -0.05) is 18.2 Å². The van der Waals surface area contributed by atoms with Gasteiger partial charge in [-0.05, 0) is 25.3 Å². The van der Waals surface area contributed by atoms with Gasteiger partial charge in [-0.2, -0.15) is 0 Å². The average molecular weight is 166 g/mol. The molecule has 1 aromatic rings. The summed E-state index contributed by atoms with van der Waals surface area (Å²) < 4.78 is 13.7. The van der Waals surface area contributed by atoms with Crippen LogP contribution in [0.5, 0.6) is 5.75 Å². The number of phenols is 1. The highest BCUT2D eigenvalue weighted by Crippen LogP contribution is 2.47.